The molecule has 23 heavy (non-hydrogen) atoms. The minimum atomic E-state index is -0.448. The summed E-state index contributed by atoms with van der Waals surface area (Å²) in [4.78, 5) is 12.0. The maximum atomic E-state index is 12.0. The number of hydrogen-bond donors (Lipinski definition) is 2. The maximum absolute atomic E-state index is 12.0. The van der Waals surface area contributed by atoms with E-state index in [0.717, 1.165) is 19.4 Å². The fraction of sp³-hybridized carbons (Fsp3) is 0.632. The summed E-state index contributed by atoms with van der Waals surface area (Å²) in [7, 11) is 0. The Hall–Kier alpha value is -1.55. The van der Waals surface area contributed by atoms with Gasteiger partial charge in [0.2, 0.25) is 0 Å². The van der Waals surface area contributed by atoms with Crippen molar-refractivity contribution in [2.45, 2.75) is 64.1 Å². The van der Waals surface area contributed by atoms with Crippen LogP contribution >= 0.6 is 0 Å². The predicted molar refractivity (Wildman–Crippen MR) is 91.4 cm³/mol. The predicted octanol–water partition coefficient (Wildman–Crippen LogP) is 3.57. The van der Waals surface area contributed by atoms with Crippen LogP contribution in [0.1, 0.15) is 57.2 Å². The Morgan fingerprint density at radius 3 is 2.70 bits per heavy atom. The SMILES string of the molecule is CC(C)(C)OC(=O)NC(CNC1CCc2ccccc21)C1CC1. The second kappa shape index (κ2) is 6.52. The lowest BCUT2D eigenvalue weighted by atomic mass is 10.1. The zero-order valence-electron chi connectivity index (χ0n) is 14.4. The van der Waals surface area contributed by atoms with Crippen LogP contribution in [0, 0.1) is 5.92 Å². The average Bonchev–Trinajstić information content (AvgIpc) is 3.23. The van der Waals surface area contributed by atoms with Crippen LogP contribution in [0.15, 0.2) is 24.3 Å². The molecular formula is C19H28N2O2. The van der Waals surface area contributed by atoms with E-state index in [4.69, 9.17) is 4.74 Å². The third-order valence-electron chi connectivity index (χ3n) is 4.61. The van der Waals surface area contributed by atoms with Crippen LogP contribution < -0.4 is 10.6 Å². The van der Waals surface area contributed by atoms with Crippen molar-refractivity contribution in [2.75, 3.05) is 6.54 Å². The van der Waals surface area contributed by atoms with Crippen molar-refractivity contribution in [1.82, 2.24) is 10.6 Å². The second-order valence-electron chi connectivity index (χ2n) is 7.79. The molecule has 1 saturated carbocycles. The van der Waals surface area contributed by atoms with Crippen LogP contribution in [0.3, 0.4) is 0 Å². The molecule has 4 heteroatoms. The molecule has 3 rings (SSSR count). The van der Waals surface area contributed by atoms with E-state index < -0.39 is 5.60 Å². The van der Waals surface area contributed by atoms with E-state index in [1.807, 2.05) is 20.8 Å². The monoisotopic (exact) mass is 316 g/mol. The summed E-state index contributed by atoms with van der Waals surface area (Å²) >= 11 is 0. The van der Waals surface area contributed by atoms with Crippen molar-refractivity contribution in [2.24, 2.45) is 5.92 Å². The van der Waals surface area contributed by atoms with Gasteiger partial charge in [0.05, 0.1) is 0 Å². The zero-order valence-corrected chi connectivity index (χ0v) is 14.4. The van der Waals surface area contributed by atoms with Crippen LogP contribution in [0.25, 0.3) is 0 Å². The maximum Gasteiger partial charge on any atom is 0.407 e. The number of hydrogen-bond acceptors (Lipinski definition) is 3. The van der Waals surface area contributed by atoms with Gasteiger partial charge in [0.15, 0.2) is 0 Å². The largest absolute Gasteiger partial charge is 0.444 e. The molecular weight excluding hydrogens is 288 g/mol. The van der Waals surface area contributed by atoms with Gasteiger partial charge in [-0.05, 0) is 63.5 Å². The molecule has 1 amide bonds. The van der Waals surface area contributed by atoms with Crippen LogP contribution in [-0.2, 0) is 11.2 Å². The summed E-state index contributed by atoms with van der Waals surface area (Å²) in [5.74, 6) is 0.590. The Bertz CT molecular complexity index is 561. The van der Waals surface area contributed by atoms with E-state index >= 15 is 0 Å². The number of benzene rings is 1. The molecule has 0 spiro atoms. The van der Waals surface area contributed by atoms with E-state index in [1.54, 1.807) is 0 Å². The first-order chi connectivity index (χ1) is 10.9. The number of nitrogens with one attached hydrogen (secondary N) is 2. The van der Waals surface area contributed by atoms with Gasteiger partial charge < -0.3 is 15.4 Å². The van der Waals surface area contributed by atoms with Gasteiger partial charge in [-0.15, -0.1) is 0 Å². The molecule has 1 aromatic rings. The topological polar surface area (TPSA) is 50.4 Å². The summed E-state index contributed by atoms with van der Waals surface area (Å²) in [6.07, 6.45) is 4.38. The molecule has 2 N–H and O–H groups in total. The quantitative estimate of drug-likeness (QED) is 0.873. The smallest absolute Gasteiger partial charge is 0.407 e. The molecule has 1 fully saturated rings. The van der Waals surface area contributed by atoms with Gasteiger partial charge >= 0.3 is 6.09 Å². The third-order valence-corrected chi connectivity index (χ3v) is 4.61. The van der Waals surface area contributed by atoms with E-state index in [2.05, 4.69) is 34.9 Å². The Labute approximate surface area is 139 Å². The standard InChI is InChI=1S/C19H28N2O2/c1-19(2,3)23-18(22)21-17(14-8-9-14)12-20-16-11-10-13-6-4-5-7-15(13)16/h4-7,14,16-17,20H,8-12H2,1-3H3,(H,21,22). The molecule has 0 radical (unpaired) electrons. The van der Waals surface area contributed by atoms with E-state index in [1.165, 1.54) is 24.0 Å². The lowest BCUT2D eigenvalue weighted by molar-refractivity contribution is 0.0496. The average molecular weight is 316 g/mol. The lowest BCUT2D eigenvalue weighted by Crippen LogP contribution is -2.46. The number of amides is 1. The van der Waals surface area contributed by atoms with Gasteiger partial charge in [-0.3, -0.25) is 0 Å². The highest BCUT2D eigenvalue weighted by Gasteiger charge is 2.34. The molecule has 2 aliphatic carbocycles. The van der Waals surface area contributed by atoms with Crippen LogP contribution in [0.5, 0.6) is 0 Å². The van der Waals surface area contributed by atoms with E-state index in [-0.39, 0.29) is 12.1 Å². The Morgan fingerprint density at radius 2 is 2.00 bits per heavy atom. The minimum absolute atomic E-state index is 0.164. The summed E-state index contributed by atoms with van der Waals surface area (Å²) in [5.41, 5.74) is 2.42. The van der Waals surface area contributed by atoms with Crippen molar-refractivity contribution < 1.29 is 9.53 Å². The number of ether oxygens (including phenoxy) is 1. The van der Waals surface area contributed by atoms with Crippen molar-refractivity contribution in [1.29, 1.82) is 0 Å². The highest BCUT2D eigenvalue weighted by molar-refractivity contribution is 5.68. The van der Waals surface area contributed by atoms with Gasteiger partial charge in [-0.25, -0.2) is 4.79 Å². The number of aryl methyl sites for hydroxylation is 1. The first-order valence-electron chi connectivity index (χ1n) is 8.73. The van der Waals surface area contributed by atoms with Gasteiger partial charge in [0.25, 0.3) is 0 Å². The molecule has 0 heterocycles. The van der Waals surface area contributed by atoms with Crippen molar-refractivity contribution in [3.8, 4) is 0 Å². The fourth-order valence-corrected chi connectivity index (χ4v) is 3.33. The molecule has 126 valence electrons. The minimum Gasteiger partial charge on any atom is -0.444 e. The van der Waals surface area contributed by atoms with Crippen molar-refractivity contribution >= 4 is 6.09 Å². The van der Waals surface area contributed by atoms with Crippen molar-refractivity contribution in [3.05, 3.63) is 35.4 Å². The molecule has 0 saturated heterocycles. The highest BCUT2D eigenvalue weighted by atomic mass is 16.6. The molecule has 0 aromatic heterocycles. The molecule has 2 unspecified atom stereocenters. The Kier molecular flexibility index (Phi) is 4.62. The fourth-order valence-electron chi connectivity index (χ4n) is 3.33. The molecule has 0 aliphatic heterocycles. The molecule has 1 aromatic carbocycles. The highest BCUT2D eigenvalue weighted by Crippen LogP contribution is 2.34. The molecule has 2 atom stereocenters. The molecule has 2 aliphatic rings. The summed E-state index contributed by atoms with van der Waals surface area (Å²) in [6, 6.07) is 9.22. The first kappa shape index (κ1) is 16.3. The Balaban J connectivity index is 1.54. The van der Waals surface area contributed by atoms with Crippen LogP contribution in [-0.4, -0.2) is 24.3 Å². The number of carbonyl (C=O) groups excluding carboxylic acids is 1. The third kappa shape index (κ3) is 4.47. The second-order valence-corrected chi connectivity index (χ2v) is 7.79. The van der Waals surface area contributed by atoms with Gasteiger partial charge in [0, 0.05) is 18.6 Å². The zero-order chi connectivity index (χ0) is 16.4. The van der Waals surface area contributed by atoms with Crippen LogP contribution in [0.4, 0.5) is 4.79 Å². The number of carbonyl (C=O) groups is 1. The van der Waals surface area contributed by atoms with Crippen molar-refractivity contribution in [3.63, 3.8) is 0 Å². The first-order valence-corrected chi connectivity index (χ1v) is 8.73. The van der Waals surface area contributed by atoms with Gasteiger partial charge in [-0.1, -0.05) is 24.3 Å². The lowest BCUT2D eigenvalue weighted by Gasteiger charge is -2.25. The Morgan fingerprint density at radius 1 is 1.26 bits per heavy atom. The van der Waals surface area contributed by atoms with E-state index in [9.17, 15) is 4.79 Å². The summed E-state index contributed by atoms with van der Waals surface area (Å²) in [5, 5.41) is 6.72. The number of alkyl carbamates (subject to hydrolysis) is 1. The number of rotatable bonds is 5. The van der Waals surface area contributed by atoms with Gasteiger partial charge in [0.1, 0.15) is 5.60 Å². The van der Waals surface area contributed by atoms with Crippen LogP contribution in [0.2, 0.25) is 0 Å². The van der Waals surface area contributed by atoms with E-state index in [0.29, 0.717) is 12.0 Å². The summed E-state index contributed by atoms with van der Waals surface area (Å²) in [6.45, 7) is 6.49. The van der Waals surface area contributed by atoms with Gasteiger partial charge in [-0.2, -0.15) is 0 Å². The molecule has 0 bridgehead atoms. The normalized spacial score (nSPS) is 21.6. The molecule has 4 nitrogen and oxygen atoms in total. The summed E-state index contributed by atoms with van der Waals surface area (Å²) < 4.78 is 5.40. The number of fused-ring (bicyclic) bond motifs is 1.